The van der Waals surface area contributed by atoms with Crippen LogP contribution in [0.1, 0.15) is 101 Å². The van der Waals surface area contributed by atoms with Gasteiger partial charge >= 0.3 is 0 Å². The van der Waals surface area contributed by atoms with Gasteiger partial charge in [0.15, 0.2) is 0 Å². The van der Waals surface area contributed by atoms with Gasteiger partial charge in [0.1, 0.15) is 0 Å². The van der Waals surface area contributed by atoms with E-state index in [4.69, 9.17) is 28.9 Å². The molecule has 474 valence electrons. The number of nitrogens with one attached hydrogen (secondary N) is 2. The quantitative estimate of drug-likeness (QED) is 0.0797. The molecule has 5 heteroatoms. The van der Waals surface area contributed by atoms with Crippen molar-refractivity contribution in [2.75, 3.05) is 16.4 Å². The highest BCUT2D eigenvalue weighted by Crippen LogP contribution is 2.39. The molecule has 0 radical (unpaired) electrons. The standard InChI is InChI=1S/C52H52N2.C22H20Cl2.C15H17N/c1-7-9-39-11-15-41(16-12-39)43-19-23-45(24-20-43)53-47-27-29-49(35(3)31-47)51-33-38(6)52(34-37(51)5)50-30-28-48(32-36(50)4)54-46-25-21-44(22-26-46)42-17-13-40(10-8-2)14-18-42;1-13-9-17(23)5-7-19(13)21-11-16(4)22(12-15(21)3)20-8-6-18(24)10-14(20)2;1-2-3-12-4-6-13(7-5-12)14-8-10-15(16)11-9-14/h11-34,53-54H,7-10H2,1-6H3;5-12H,1-4H3;4-11H,2-3,16H2,1H3. The third-order valence-corrected chi connectivity index (χ3v) is 18.3. The van der Waals surface area contributed by atoms with Crippen molar-refractivity contribution in [3.05, 3.63) is 314 Å². The van der Waals surface area contributed by atoms with Crippen LogP contribution in [0, 0.1) is 55.4 Å². The average Bonchev–Trinajstić information content (AvgIpc) is 0.803. The van der Waals surface area contributed by atoms with Crippen LogP contribution < -0.4 is 16.4 Å². The molecule has 3 nitrogen and oxygen atoms in total. The predicted octanol–water partition coefficient (Wildman–Crippen LogP) is 26.4. The van der Waals surface area contributed by atoms with E-state index in [1.165, 1.54) is 158 Å². The fourth-order valence-corrected chi connectivity index (χ4v) is 13.2. The maximum atomic E-state index is 6.10. The Morgan fingerprint density at radius 2 is 0.468 bits per heavy atom. The summed E-state index contributed by atoms with van der Waals surface area (Å²) < 4.78 is 0. The van der Waals surface area contributed by atoms with Crippen molar-refractivity contribution in [2.45, 2.75) is 115 Å². The number of benzene rings is 12. The van der Waals surface area contributed by atoms with Gasteiger partial charge in [-0.1, -0.05) is 221 Å². The topological polar surface area (TPSA) is 50.1 Å². The van der Waals surface area contributed by atoms with E-state index in [9.17, 15) is 0 Å². The Bertz CT molecular complexity index is 4280. The van der Waals surface area contributed by atoms with E-state index in [2.05, 4.69) is 293 Å². The molecule has 0 unspecified atom stereocenters. The Morgan fingerprint density at radius 1 is 0.245 bits per heavy atom. The molecule has 0 aliphatic carbocycles. The van der Waals surface area contributed by atoms with Gasteiger partial charge in [-0.3, -0.25) is 0 Å². The molecular formula is C89H89Cl2N3. The smallest absolute Gasteiger partial charge is 0.0409 e. The largest absolute Gasteiger partial charge is 0.399 e. The second-order valence-electron chi connectivity index (χ2n) is 25.3. The maximum absolute atomic E-state index is 6.10. The lowest BCUT2D eigenvalue weighted by Crippen LogP contribution is -1.96. The molecule has 94 heavy (non-hydrogen) atoms. The number of halogens is 2. The Kier molecular flexibility index (Phi) is 22.6. The van der Waals surface area contributed by atoms with E-state index in [1.54, 1.807) is 0 Å². The van der Waals surface area contributed by atoms with Crippen LogP contribution in [-0.4, -0.2) is 0 Å². The van der Waals surface area contributed by atoms with Gasteiger partial charge in [0.05, 0.1) is 0 Å². The van der Waals surface area contributed by atoms with Crippen molar-refractivity contribution in [1.29, 1.82) is 0 Å². The van der Waals surface area contributed by atoms with Crippen LogP contribution in [0.25, 0.3) is 77.9 Å². The number of hydrogen-bond donors (Lipinski definition) is 3. The number of anilines is 5. The van der Waals surface area contributed by atoms with Crippen LogP contribution in [0.4, 0.5) is 28.4 Å². The summed E-state index contributed by atoms with van der Waals surface area (Å²) in [6.07, 6.45) is 6.96. The van der Waals surface area contributed by atoms with Crippen LogP contribution in [0.15, 0.2) is 243 Å². The molecule has 4 N–H and O–H groups in total. The van der Waals surface area contributed by atoms with Gasteiger partial charge in [0.25, 0.3) is 0 Å². The molecule has 0 heterocycles. The maximum Gasteiger partial charge on any atom is 0.0409 e. The van der Waals surface area contributed by atoms with E-state index in [1.807, 2.05) is 36.4 Å². The third-order valence-electron chi connectivity index (χ3n) is 17.9. The molecule has 0 atom stereocenters. The van der Waals surface area contributed by atoms with E-state index in [0.717, 1.165) is 57.7 Å². The van der Waals surface area contributed by atoms with Crippen molar-refractivity contribution in [3.8, 4) is 77.9 Å². The van der Waals surface area contributed by atoms with Crippen molar-refractivity contribution in [2.24, 2.45) is 0 Å². The molecule has 0 bridgehead atoms. The first kappa shape index (κ1) is 67.5. The first-order valence-electron chi connectivity index (χ1n) is 33.3. The Morgan fingerprint density at radius 3 is 0.723 bits per heavy atom. The van der Waals surface area contributed by atoms with Gasteiger partial charge in [-0.15, -0.1) is 0 Å². The second kappa shape index (κ2) is 31.5. The molecule has 0 spiro atoms. The lowest BCUT2D eigenvalue weighted by atomic mass is 9.89. The molecule has 0 amide bonds. The number of hydrogen-bond acceptors (Lipinski definition) is 3. The minimum Gasteiger partial charge on any atom is -0.399 e. The highest BCUT2D eigenvalue weighted by molar-refractivity contribution is 6.31. The Hall–Kier alpha value is -9.38. The molecule has 12 aromatic rings. The van der Waals surface area contributed by atoms with Crippen LogP contribution in [0.3, 0.4) is 0 Å². The van der Waals surface area contributed by atoms with E-state index < -0.39 is 0 Å². The average molecular weight is 1270 g/mol. The van der Waals surface area contributed by atoms with Gasteiger partial charge < -0.3 is 16.4 Å². The zero-order valence-electron chi connectivity index (χ0n) is 56.7. The zero-order chi connectivity index (χ0) is 66.4. The summed E-state index contributed by atoms with van der Waals surface area (Å²) in [6.45, 7) is 24.1. The first-order valence-corrected chi connectivity index (χ1v) is 34.0. The summed E-state index contributed by atoms with van der Waals surface area (Å²) in [6, 6.07) is 87.0. The summed E-state index contributed by atoms with van der Waals surface area (Å²) in [5.74, 6) is 0. The summed E-state index contributed by atoms with van der Waals surface area (Å²) in [5, 5.41) is 8.79. The van der Waals surface area contributed by atoms with Gasteiger partial charge in [-0.2, -0.15) is 0 Å². The second-order valence-corrected chi connectivity index (χ2v) is 26.2. The fraction of sp³-hybridized carbons (Fsp3) is 0.191. The summed E-state index contributed by atoms with van der Waals surface area (Å²) in [4.78, 5) is 0. The molecule has 12 aromatic carbocycles. The Labute approximate surface area is 570 Å². The predicted molar refractivity (Wildman–Crippen MR) is 411 cm³/mol. The summed E-state index contributed by atoms with van der Waals surface area (Å²) >= 11 is 12.2. The van der Waals surface area contributed by atoms with Crippen LogP contribution in [0.2, 0.25) is 10.0 Å². The number of nitrogen functional groups attached to an aromatic ring is 1. The van der Waals surface area contributed by atoms with E-state index in [0.29, 0.717) is 0 Å². The monoisotopic (exact) mass is 1270 g/mol. The fourth-order valence-electron chi connectivity index (χ4n) is 12.7. The van der Waals surface area contributed by atoms with Crippen molar-refractivity contribution in [3.63, 3.8) is 0 Å². The molecule has 0 saturated heterocycles. The SMILES string of the molecule is CCCc1ccc(-c2ccc(N)cc2)cc1.CCCc1ccc(-c2ccc(Nc3ccc(-c4cc(C)c(-c5ccc(Nc6ccc(-c7ccc(CCC)cc7)cc6)cc5C)cc4C)c(C)c3)cc2)cc1.Cc1cc(Cl)ccc1-c1cc(C)c(-c2ccc(Cl)cc2C)cc1C. The molecule has 0 aliphatic heterocycles. The number of nitrogens with two attached hydrogens (primary N) is 1. The third kappa shape index (κ3) is 17.1. The number of rotatable bonds is 17. The highest BCUT2D eigenvalue weighted by Gasteiger charge is 2.16. The van der Waals surface area contributed by atoms with E-state index >= 15 is 0 Å². The van der Waals surface area contributed by atoms with E-state index in [-0.39, 0.29) is 0 Å². The lowest BCUT2D eigenvalue weighted by Gasteiger charge is -2.18. The van der Waals surface area contributed by atoms with Crippen LogP contribution >= 0.6 is 23.2 Å². The van der Waals surface area contributed by atoms with Crippen LogP contribution in [-0.2, 0) is 19.3 Å². The van der Waals surface area contributed by atoms with Crippen LogP contribution in [0.5, 0.6) is 0 Å². The van der Waals surface area contributed by atoms with Crippen molar-refractivity contribution < 1.29 is 0 Å². The van der Waals surface area contributed by atoms with Crippen molar-refractivity contribution in [1.82, 2.24) is 0 Å². The molecule has 0 saturated carbocycles. The van der Waals surface area contributed by atoms with Gasteiger partial charge in [-0.05, 0) is 299 Å². The molecular weight excluding hydrogens is 1180 g/mol. The van der Waals surface area contributed by atoms with Crippen molar-refractivity contribution >= 4 is 51.6 Å². The summed E-state index contributed by atoms with van der Waals surface area (Å²) in [5.41, 5.74) is 42.6. The summed E-state index contributed by atoms with van der Waals surface area (Å²) in [7, 11) is 0. The van der Waals surface area contributed by atoms with Gasteiger partial charge in [0, 0.05) is 38.5 Å². The zero-order valence-corrected chi connectivity index (χ0v) is 58.2. The number of aryl methyl sites for hydroxylation is 11. The lowest BCUT2D eigenvalue weighted by molar-refractivity contribution is 0.922. The normalized spacial score (nSPS) is 10.9. The minimum absolute atomic E-state index is 0.777. The minimum atomic E-state index is 0.777. The molecule has 0 aliphatic rings. The molecule has 12 rings (SSSR count). The Balaban J connectivity index is 0.000000196. The van der Waals surface area contributed by atoms with Gasteiger partial charge in [-0.25, -0.2) is 0 Å². The highest BCUT2D eigenvalue weighted by atomic mass is 35.5. The first-order chi connectivity index (χ1) is 45.4. The van der Waals surface area contributed by atoms with Gasteiger partial charge in [0.2, 0.25) is 0 Å². The molecule has 0 aromatic heterocycles. The molecule has 0 fully saturated rings.